The summed E-state index contributed by atoms with van der Waals surface area (Å²) in [6.45, 7) is 4.00. The summed E-state index contributed by atoms with van der Waals surface area (Å²) in [5.41, 5.74) is -3.16. The summed E-state index contributed by atoms with van der Waals surface area (Å²) in [5, 5.41) is 0. The van der Waals surface area contributed by atoms with Gasteiger partial charge >= 0.3 is 18.5 Å². The van der Waals surface area contributed by atoms with Gasteiger partial charge in [-0.15, -0.1) is 0 Å². The SMILES string of the molecule is CCC(=O)N(Cc1cc(C(F)(F)F)cc(C(F)(F)F)c1)Cc1cc(C(F)(F)F)ccc1-c1cc(C(C)C)ccc1OC. The van der Waals surface area contributed by atoms with E-state index >= 15 is 0 Å². The lowest BCUT2D eigenvalue weighted by Crippen LogP contribution is -2.30. The van der Waals surface area contributed by atoms with Crippen LogP contribution in [0.25, 0.3) is 11.1 Å². The molecule has 0 radical (unpaired) electrons. The number of carbonyl (C=O) groups excluding carboxylic acids is 1. The number of carbonyl (C=O) groups is 1. The third-order valence-electron chi connectivity index (χ3n) is 6.65. The predicted octanol–water partition coefficient (Wildman–Crippen LogP) is 9.48. The summed E-state index contributed by atoms with van der Waals surface area (Å²) >= 11 is 0. The zero-order chi connectivity index (χ0) is 31.6. The third kappa shape index (κ3) is 7.77. The number of ether oxygens (including phenoxy) is 1. The number of hydrogen-bond donors (Lipinski definition) is 0. The molecule has 0 atom stereocenters. The molecular weight excluding hydrogens is 577 g/mol. The molecule has 0 aliphatic carbocycles. The zero-order valence-corrected chi connectivity index (χ0v) is 23.1. The summed E-state index contributed by atoms with van der Waals surface area (Å²) < 4.78 is 127. The van der Waals surface area contributed by atoms with Crippen LogP contribution in [-0.4, -0.2) is 17.9 Å². The van der Waals surface area contributed by atoms with E-state index < -0.39 is 59.8 Å². The number of rotatable bonds is 8. The number of methoxy groups -OCH3 is 1. The van der Waals surface area contributed by atoms with Crippen molar-refractivity contribution in [3.8, 4) is 16.9 Å². The van der Waals surface area contributed by atoms with Crippen molar-refractivity contribution in [2.45, 2.75) is 64.7 Å². The molecule has 0 saturated carbocycles. The summed E-state index contributed by atoms with van der Waals surface area (Å²) in [5.74, 6) is -0.330. The number of amides is 1. The van der Waals surface area contributed by atoms with Crippen molar-refractivity contribution < 1.29 is 49.0 Å². The first-order valence-corrected chi connectivity index (χ1v) is 12.8. The molecule has 0 spiro atoms. The monoisotopic (exact) mass is 605 g/mol. The average Bonchev–Trinajstić information content (AvgIpc) is 2.90. The molecular formula is C30H28F9NO2. The molecule has 0 aliphatic heterocycles. The van der Waals surface area contributed by atoms with Gasteiger partial charge in [0, 0.05) is 25.1 Å². The minimum Gasteiger partial charge on any atom is -0.496 e. The fraction of sp³-hybridized carbons (Fsp3) is 0.367. The van der Waals surface area contributed by atoms with Gasteiger partial charge in [-0.25, -0.2) is 0 Å². The molecule has 0 heterocycles. The van der Waals surface area contributed by atoms with Crippen molar-refractivity contribution in [2.24, 2.45) is 0 Å². The molecule has 42 heavy (non-hydrogen) atoms. The Morgan fingerprint density at radius 1 is 0.738 bits per heavy atom. The van der Waals surface area contributed by atoms with Crippen molar-refractivity contribution in [1.29, 1.82) is 0 Å². The van der Waals surface area contributed by atoms with Crippen LogP contribution in [0.1, 0.15) is 66.5 Å². The Morgan fingerprint density at radius 3 is 1.79 bits per heavy atom. The van der Waals surface area contributed by atoms with Gasteiger partial charge < -0.3 is 9.64 Å². The summed E-state index contributed by atoms with van der Waals surface area (Å²) in [6.07, 6.45) is -15.2. The Balaban J connectivity index is 2.20. The lowest BCUT2D eigenvalue weighted by Gasteiger charge is -2.26. The van der Waals surface area contributed by atoms with Crippen LogP contribution in [0.5, 0.6) is 5.75 Å². The van der Waals surface area contributed by atoms with E-state index in [1.807, 2.05) is 13.8 Å². The van der Waals surface area contributed by atoms with Gasteiger partial charge in [-0.05, 0) is 70.6 Å². The van der Waals surface area contributed by atoms with Crippen LogP contribution in [0, 0.1) is 0 Å². The van der Waals surface area contributed by atoms with Gasteiger partial charge in [-0.1, -0.05) is 32.9 Å². The lowest BCUT2D eigenvalue weighted by atomic mass is 9.92. The van der Waals surface area contributed by atoms with Gasteiger partial charge in [0.2, 0.25) is 5.91 Å². The molecule has 0 N–H and O–H groups in total. The molecule has 3 rings (SSSR count). The summed E-state index contributed by atoms with van der Waals surface area (Å²) in [6, 6.07) is 8.99. The van der Waals surface area contributed by atoms with E-state index in [1.54, 1.807) is 18.2 Å². The zero-order valence-electron chi connectivity index (χ0n) is 23.1. The van der Waals surface area contributed by atoms with Crippen LogP contribution in [0.2, 0.25) is 0 Å². The highest BCUT2D eigenvalue weighted by molar-refractivity contribution is 5.78. The maximum absolute atomic E-state index is 13.7. The quantitative estimate of drug-likeness (QED) is 0.240. The van der Waals surface area contributed by atoms with Crippen molar-refractivity contribution in [2.75, 3.05) is 7.11 Å². The molecule has 0 aliphatic rings. The van der Waals surface area contributed by atoms with Crippen molar-refractivity contribution in [3.63, 3.8) is 0 Å². The summed E-state index contributed by atoms with van der Waals surface area (Å²) in [7, 11) is 1.37. The molecule has 12 heteroatoms. The second-order valence-electron chi connectivity index (χ2n) is 10.0. The van der Waals surface area contributed by atoms with E-state index in [2.05, 4.69) is 0 Å². The Bertz CT molecular complexity index is 1390. The van der Waals surface area contributed by atoms with E-state index in [1.165, 1.54) is 20.1 Å². The van der Waals surface area contributed by atoms with Crippen LogP contribution in [-0.2, 0) is 36.4 Å². The van der Waals surface area contributed by atoms with Crippen LogP contribution in [0.4, 0.5) is 39.5 Å². The van der Waals surface area contributed by atoms with E-state index in [9.17, 15) is 44.3 Å². The van der Waals surface area contributed by atoms with E-state index in [0.29, 0.717) is 23.4 Å². The fourth-order valence-corrected chi connectivity index (χ4v) is 4.45. The Kier molecular flexibility index (Phi) is 9.58. The van der Waals surface area contributed by atoms with Crippen LogP contribution < -0.4 is 4.74 Å². The van der Waals surface area contributed by atoms with Gasteiger partial charge in [0.05, 0.1) is 23.8 Å². The number of alkyl halides is 9. The molecule has 0 unspecified atom stereocenters. The second kappa shape index (κ2) is 12.3. The van der Waals surface area contributed by atoms with Gasteiger partial charge in [-0.2, -0.15) is 39.5 Å². The molecule has 1 amide bonds. The van der Waals surface area contributed by atoms with E-state index in [0.717, 1.165) is 22.6 Å². The molecule has 3 nitrogen and oxygen atoms in total. The number of benzene rings is 3. The number of hydrogen-bond acceptors (Lipinski definition) is 2. The number of halogens is 9. The third-order valence-corrected chi connectivity index (χ3v) is 6.65. The first kappa shape index (κ1) is 32.8. The molecule has 0 aromatic heterocycles. The predicted molar refractivity (Wildman–Crippen MR) is 139 cm³/mol. The first-order chi connectivity index (χ1) is 19.3. The van der Waals surface area contributed by atoms with Crippen LogP contribution in [0.15, 0.2) is 54.6 Å². The molecule has 3 aromatic rings. The molecule has 228 valence electrons. The maximum Gasteiger partial charge on any atom is 0.416 e. The first-order valence-electron chi connectivity index (χ1n) is 12.8. The van der Waals surface area contributed by atoms with Gasteiger partial charge in [0.25, 0.3) is 0 Å². The summed E-state index contributed by atoms with van der Waals surface area (Å²) in [4.78, 5) is 13.9. The van der Waals surface area contributed by atoms with Crippen LogP contribution in [0.3, 0.4) is 0 Å². The number of nitrogens with zero attached hydrogens (tertiary/aromatic N) is 1. The molecule has 0 bridgehead atoms. The van der Waals surface area contributed by atoms with E-state index in [-0.39, 0.29) is 29.5 Å². The van der Waals surface area contributed by atoms with Crippen molar-refractivity contribution in [1.82, 2.24) is 4.90 Å². The smallest absolute Gasteiger partial charge is 0.416 e. The van der Waals surface area contributed by atoms with Gasteiger partial charge in [0.15, 0.2) is 0 Å². The minimum atomic E-state index is -5.11. The highest BCUT2D eigenvalue weighted by Crippen LogP contribution is 2.40. The molecule has 3 aromatic carbocycles. The lowest BCUT2D eigenvalue weighted by molar-refractivity contribution is -0.143. The minimum absolute atomic E-state index is 0.0196. The fourth-order valence-electron chi connectivity index (χ4n) is 4.45. The van der Waals surface area contributed by atoms with Crippen molar-refractivity contribution >= 4 is 5.91 Å². The Morgan fingerprint density at radius 2 is 1.31 bits per heavy atom. The van der Waals surface area contributed by atoms with Crippen LogP contribution >= 0.6 is 0 Å². The topological polar surface area (TPSA) is 29.5 Å². The maximum atomic E-state index is 13.7. The van der Waals surface area contributed by atoms with Gasteiger partial charge in [0.1, 0.15) is 5.75 Å². The highest BCUT2D eigenvalue weighted by atomic mass is 19.4. The van der Waals surface area contributed by atoms with Gasteiger partial charge in [-0.3, -0.25) is 4.79 Å². The Hall–Kier alpha value is -3.70. The average molecular weight is 606 g/mol. The highest BCUT2D eigenvalue weighted by Gasteiger charge is 2.37. The molecule has 0 saturated heterocycles. The Labute approximate surface area is 236 Å². The van der Waals surface area contributed by atoms with E-state index in [4.69, 9.17) is 4.74 Å². The van der Waals surface area contributed by atoms with Crippen molar-refractivity contribution in [3.05, 3.63) is 88.0 Å². The normalized spacial score (nSPS) is 12.5. The standard InChI is InChI=1S/C30H28F9NO2/c1-5-27(41)40(15-18-10-22(29(34,35)36)14-23(11-18)30(37,38)39)16-20-12-21(28(31,32)33)7-8-24(20)25-13-19(17(2)3)6-9-26(25)42-4/h6-14,17H,5,15-16H2,1-4H3. The second-order valence-corrected chi connectivity index (χ2v) is 10.0. The molecule has 0 fully saturated rings. The largest absolute Gasteiger partial charge is 0.496 e.